The molecule has 1 aliphatic heterocycles. The number of benzene rings is 1. The average molecular weight is 290 g/mol. The van der Waals surface area contributed by atoms with Crippen LogP contribution in [0, 0.1) is 17.7 Å². The highest BCUT2D eigenvalue weighted by atomic mass is 19.1. The summed E-state index contributed by atoms with van der Waals surface area (Å²) in [6.45, 7) is 1.30. The lowest BCUT2D eigenvalue weighted by Gasteiger charge is -2.31. The number of hydrogen-bond donors (Lipinski definition) is 1. The summed E-state index contributed by atoms with van der Waals surface area (Å²) in [6.07, 6.45) is 3.39. The number of nitrogens with zero attached hydrogens (tertiary/aromatic N) is 1. The van der Waals surface area contributed by atoms with E-state index in [1.165, 1.54) is 12.1 Å². The molecule has 0 unspecified atom stereocenters. The maximum Gasteiger partial charge on any atom is 0.227 e. The number of amides is 2. The van der Waals surface area contributed by atoms with Gasteiger partial charge >= 0.3 is 0 Å². The van der Waals surface area contributed by atoms with Gasteiger partial charge < -0.3 is 10.2 Å². The SMILES string of the molecule is O=C(Nc1cccc(F)c1)C1CCN(C(=O)C2CC2)CC1. The monoisotopic (exact) mass is 290 g/mol. The smallest absolute Gasteiger partial charge is 0.227 e. The van der Waals surface area contributed by atoms with Gasteiger partial charge in [0.25, 0.3) is 0 Å². The number of nitrogens with one attached hydrogen (secondary N) is 1. The fourth-order valence-electron chi connectivity index (χ4n) is 2.76. The van der Waals surface area contributed by atoms with Gasteiger partial charge in [-0.3, -0.25) is 9.59 Å². The van der Waals surface area contributed by atoms with Crippen molar-refractivity contribution in [2.24, 2.45) is 11.8 Å². The molecule has 2 aliphatic rings. The molecule has 1 saturated carbocycles. The molecule has 1 saturated heterocycles. The Balaban J connectivity index is 1.51. The average Bonchev–Trinajstić information content (AvgIpc) is 3.31. The second kappa shape index (κ2) is 5.84. The zero-order valence-electron chi connectivity index (χ0n) is 11.8. The summed E-state index contributed by atoms with van der Waals surface area (Å²) in [4.78, 5) is 26.0. The van der Waals surface area contributed by atoms with Crippen LogP contribution < -0.4 is 5.32 Å². The van der Waals surface area contributed by atoms with E-state index in [1.807, 2.05) is 4.90 Å². The van der Waals surface area contributed by atoms with E-state index in [0.717, 1.165) is 12.8 Å². The van der Waals surface area contributed by atoms with Crippen molar-refractivity contribution in [2.75, 3.05) is 18.4 Å². The predicted molar refractivity (Wildman–Crippen MR) is 77.1 cm³/mol. The summed E-state index contributed by atoms with van der Waals surface area (Å²) in [5, 5.41) is 2.75. The molecular weight excluding hydrogens is 271 g/mol. The van der Waals surface area contributed by atoms with E-state index in [-0.39, 0.29) is 29.5 Å². The molecule has 0 spiro atoms. The van der Waals surface area contributed by atoms with Crippen molar-refractivity contribution in [2.45, 2.75) is 25.7 Å². The van der Waals surface area contributed by atoms with Gasteiger partial charge in [-0.2, -0.15) is 0 Å². The minimum Gasteiger partial charge on any atom is -0.342 e. The lowest BCUT2D eigenvalue weighted by molar-refractivity contribution is -0.135. The molecule has 2 fully saturated rings. The second-order valence-corrected chi connectivity index (χ2v) is 5.87. The molecule has 1 heterocycles. The predicted octanol–water partition coefficient (Wildman–Crippen LogP) is 2.41. The molecule has 4 nitrogen and oxygen atoms in total. The van der Waals surface area contributed by atoms with E-state index in [4.69, 9.17) is 0 Å². The Morgan fingerprint density at radius 3 is 2.43 bits per heavy atom. The highest BCUT2D eigenvalue weighted by Crippen LogP contribution is 2.32. The van der Waals surface area contributed by atoms with Gasteiger partial charge in [-0.15, -0.1) is 0 Å². The van der Waals surface area contributed by atoms with Gasteiger partial charge in [0, 0.05) is 30.6 Å². The van der Waals surface area contributed by atoms with Crippen molar-refractivity contribution >= 4 is 17.5 Å². The first-order chi connectivity index (χ1) is 10.1. The van der Waals surface area contributed by atoms with Crippen molar-refractivity contribution in [3.8, 4) is 0 Å². The summed E-state index contributed by atoms with van der Waals surface area (Å²) in [6, 6.07) is 5.90. The van der Waals surface area contributed by atoms with E-state index in [1.54, 1.807) is 12.1 Å². The van der Waals surface area contributed by atoms with E-state index in [0.29, 0.717) is 31.6 Å². The molecule has 0 radical (unpaired) electrons. The van der Waals surface area contributed by atoms with E-state index >= 15 is 0 Å². The van der Waals surface area contributed by atoms with Crippen LogP contribution >= 0.6 is 0 Å². The van der Waals surface area contributed by atoms with Gasteiger partial charge in [0.1, 0.15) is 5.82 Å². The highest BCUT2D eigenvalue weighted by molar-refractivity contribution is 5.92. The Bertz CT molecular complexity index is 549. The largest absolute Gasteiger partial charge is 0.342 e. The Labute approximate surface area is 123 Å². The van der Waals surface area contributed by atoms with Crippen LogP contribution in [-0.2, 0) is 9.59 Å². The topological polar surface area (TPSA) is 49.4 Å². The third kappa shape index (κ3) is 3.40. The van der Waals surface area contributed by atoms with Crippen molar-refractivity contribution in [1.82, 2.24) is 4.90 Å². The van der Waals surface area contributed by atoms with Gasteiger partial charge in [-0.05, 0) is 43.9 Å². The molecule has 1 aromatic carbocycles. The maximum atomic E-state index is 13.1. The number of likely N-dealkylation sites (tertiary alicyclic amines) is 1. The van der Waals surface area contributed by atoms with Gasteiger partial charge in [-0.1, -0.05) is 6.07 Å². The first kappa shape index (κ1) is 14.0. The van der Waals surface area contributed by atoms with Crippen LogP contribution in [0.4, 0.5) is 10.1 Å². The van der Waals surface area contributed by atoms with Gasteiger partial charge in [-0.25, -0.2) is 4.39 Å². The molecule has 0 bridgehead atoms. The fraction of sp³-hybridized carbons (Fsp3) is 0.500. The summed E-state index contributed by atoms with van der Waals surface area (Å²) in [7, 11) is 0. The van der Waals surface area contributed by atoms with Crippen molar-refractivity contribution in [3.05, 3.63) is 30.1 Å². The number of piperidine rings is 1. The number of carbonyl (C=O) groups excluding carboxylic acids is 2. The molecule has 1 aromatic rings. The molecule has 0 atom stereocenters. The quantitative estimate of drug-likeness (QED) is 0.929. The lowest BCUT2D eigenvalue weighted by atomic mass is 9.95. The van der Waals surface area contributed by atoms with Crippen LogP contribution in [0.25, 0.3) is 0 Å². The third-order valence-electron chi connectivity index (χ3n) is 4.20. The minimum atomic E-state index is -0.363. The van der Waals surface area contributed by atoms with Gasteiger partial charge in [0.2, 0.25) is 11.8 Å². The van der Waals surface area contributed by atoms with Crippen LogP contribution in [0.3, 0.4) is 0 Å². The standard InChI is InChI=1S/C16H19FN2O2/c17-13-2-1-3-14(10-13)18-15(20)11-6-8-19(9-7-11)16(21)12-4-5-12/h1-3,10-12H,4-9H2,(H,18,20). The number of halogens is 1. The van der Waals surface area contributed by atoms with Crippen LogP contribution in [-0.4, -0.2) is 29.8 Å². The second-order valence-electron chi connectivity index (χ2n) is 5.87. The fourth-order valence-corrected chi connectivity index (χ4v) is 2.76. The van der Waals surface area contributed by atoms with Crippen molar-refractivity contribution in [1.29, 1.82) is 0 Å². The minimum absolute atomic E-state index is 0.0841. The molecule has 3 rings (SSSR count). The molecule has 2 amide bonds. The summed E-state index contributed by atoms with van der Waals surface area (Å²) < 4.78 is 13.1. The number of carbonyl (C=O) groups is 2. The van der Waals surface area contributed by atoms with Crippen LogP contribution in [0.5, 0.6) is 0 Å². The summed E-state index contributed by atoms with van der Waals surface area (Å²) >= 11 is 0. The Morgan fingerprint density at radius 1 is 1.10 bits per heavy atom. The highest BCUT2D eigenvalue weighted by Gasteiger charge is 2.35. The molecule has 112 valence electrons. The van der Waals surface area contributed by atoms with Crippen molar-refractivity contribution in [3.63, 3.8) is 0 Å². The van der Waals surface area contributed by atoms with Crippen LogP contribution in [0.1, 0.15) is 25.7 Å². The lowest BCUT2D eigenvalue weighted by Crippen LogP contribution is -2.42. The van der Waals surface area contributed by atoms with Crippen molar-refractivity contribution < 1.29 is 14.0 Å². The van der Waals surface area contributed by atoms with E-state index in [9.17, 15) is 14.0 Å². The maximum absolute atomic E-state index is 13.1. The molecule has 1 N–H and O–H groups in total. The third-order valence-corrected chi connectivity index (χ3v) is 4.20. The van der Waals surface area contributed by atoms with Crippen LogP contribution in [0.15, 0.2) is 24.3 Å². The summed E-state index contributed by atoms with van der Waals surface area (Å²) in [5.74, 6) is -0.0602. The van der Waals surface area contributed by atoms with E-state index < -0.39 is 0 Å². The molecule has 21 heavy (non-hydrogen) atoms. The normalized spacial score (nSPS) is 19.4. The Hall–Kier alpha value is -1.91. The molecule has 5 heteroatoms. The molecular formula is C16H19FN2O2. The number of anilines is 1. The zero-order valence-corrected chi connectivity index (χ0v) is 11.8. The zero-order chi connectivity index (χ0) is 14.8. The van der Waals surface area contributed by atoms with Crippen LogP contribution in [0.2, 0.25) is 0 Å². The first-order valence-corrected chi connectivity index (χ1v) is 7.49. The number of hydrogen-bond acceptors (Lipinski definition) is 2. The first-order valence-electron chi connectivity index (χ1n) is 7.49. The van der Waals surface area contributed by atoms with E-state index in [2.05, 4.69) is 5.32 Å². The molecule has 1 aliphatic carbocycles. The van der Waals surface area contributed by atoms with Gasteiger partial charge in [0.05, 0.1) is 0 Å². The van der Waals surface area contributed by atoms with Gasteiger partial charge in [0.15, 0.2) is 0 Å². The summed E-state index contributed by atoms with van der Waals surface area (Å²) in [5.41, 5.74) is 0.483. The Morgan fingerprint density at radius 2 is 1.81 bits per heavy atom. The number of rotatable bonds is 3. The Kier molecular flexibility index (Phi) is 3.90. The molecule has 0 aromatic heterocycles.